The summed E-state index contributed by atoms with van der Waals surface area (Å²) in [5.41, 5.74) is 5.16. The number of rotatable bonds is 6. The van der Waals surface area contributed by atoms with Crippen molar-refractivity contribution >= 4 is 0 Å². The Hall–Kier alpha value is -0.630. The van der Waals surface area contributed by atoms with Gasteiger partial charge in [0.15, 0.2) is 0 Å². The number of hydrogen-bond donors (Lipinski definition) is 1. The molecule has 18 heavy (non-hydrogen) atoms. The van der Waals surface area contributed by atoms with Crippen molar-refractivity contribution in [3.63, 3.8) is 0 Å². The highest BCUT2D eigenvalue weighted by Gasteiger charge is 2.19. The van der Waals surface area contributed by atoms with E-state index in [9.17, 15) is 0 Å². The summed E-state index contributed by atoms with van der Waals surface area (Å²) < 4.78 is 0. The Kier molecular flexibility index (Phi) is 6.07. The summed E-state index contributed by atoms with van der Waals surface area (Å²) in [6, 6.07) is 2.16. The smallest absolute Gasteiger partial charge is 0.101 e. The molecule has 1 rings (SSSR count). The summed E-state index contributed by atoms with van der Waals surface area (Å²) in [7, 11) is 4.38. The number of nitriles is 1. The third-order valence-electron chi connectivity index (χ3n) is 3.90. The Morgan fingerprint density at radius 3 is 2.61 bits per heavy atom. The van der Waals surface area contributed by atoms with Crippen LogP contribution in [0.5, 0.6) is 0 Å². The molecule has 1 atom stereocenters. The summed E-state index contributed by atoms with van der Waals surface area (Å²) >= 11 is 0. The highest BCUT2D eigenvalue weighted by molar-refractivity contribution is 5.00. The molecule has 0 saturated carbocycles. The molecule has 1 saturated heterocycles. The normalized spacial score (nSPS) is 21.8. The molecule has 0 spiro atoms. The van der Waals surface area contributed by atoms with Gasteiger partial charge in [-0.2, -0.15) is 5.26 Å². The third kappa shape index (κ3) is 5.81. The monoisotopic (exact) mass is 252 g/mol. The van der Waals surface area contributed by atoms with E-state index in [1.165, 1.54) is 32.5 Å². The first kappa shape index (κ1) is 15.4. The van der Waals surface area contributed by atoms with Gasteiger partial charge in [-0.1, -0.05) is 0 Å². The standard InChI is InChI=1S/C14H28N4/c1-14(16,12-15)7-4-8-18(3)11-13-5-9-17(2)10-6-13/h13H,4-11,16H2,1-3H3. The summed E-state index contributed by atoms with van der Waals surface area (Å²) in [6.45, 7) is 6.49. The maximum Gasteiger partial charge on any atom is 0.101 e. The Morgan fingerprint density at radius 2 is 2.06 bits per heavy atom. The van der Waals surface area contributed by atoms with Crippen molar-refractivity contribution in [1.82, 2.24) is 9.80 Å². The van der Waals surface area contributed by atoms with Crippen molar-refractivity contribution in [2.75, 3.05) is 40.3 Å². The topological polar surface area (TPSA) is 56.3 Å². The van der Waals surface area contributed by atoms with Gasteiger partial charge in [-0.15, -0.1) is 0 Å². The van der Waals surface area contributed by atoms with E-state index in [4.69, 9.17) is 11.0 Å². The zero-order valence-corrected chi connectivity index (χ0v) is 12.2. The van der Waals surface area contributed by atoms with Crippen molar-refractivity contribution in [2.45, 2.75) is 38.1 Å². The summed E-state index contributed by atoms with van der Waals surface area (Å²) in [5, 5.41) is 8.85. The van der Waals surface area contributed by atoms with Gasteiger partial charge in [-0.3, -0.25) is 0 Å². The minimum atomic E-state index is -0.658. The Morgan fingerprint density at radius 1 is 1.44 bits per heavy atom. The lowest BCUT2D eigenvalue weighted by Crippen LogP contribution is -2.37. The van der Waals surface area contributed by atoms with Gasteiger partial charge in [0.2, 0.25) is 0 Å². The number of nitrogens with zero attached hydrogens (tertiary/aromatic N) is 3. The molecule has 1 unspecified atom stereocenters. The van der Waals surface area contributed by atoms with Gasteiger partial charge in [0.1, 0.15) is 5.54 Å². The molecule has 0 aromatic carbocycles. The Balaban J connectivity index is 2.14. The quantitative estimate of drug-likeness (QED) is 0.774. The predicted molar refractivity (Wildman–Crippen MR) is 75.2 cm³/mol. The van der Waals surface area contributed by atoms with E-state index in [2.05, 4.69) is 30.0 Å². The van der Waals surface area contributed by atoms with Crippen molar-refractivity contribution < 1.29 is 0 Å². The minimum absolute atomic E-state index is 0.658. The molecule has 1 fully saturated rings. The van der Waals surface area contributed by atoms with Crippen LogP contribution in [-0.2, 0) is 0 Å². The molecular formula is C14H28N4. The van der Waals surface area contributed by atoms with Gasteiger partial charge in [0.05, 0.1) is 6.07 Å². The number of hydrogen-bond acceptors (Lipinski definition) is 4. The maximum atomic E-state index is 8.85. The van der Waals surface area contributed by atoms with Gasteiger partial charge in [0, 0.05) is 6.54 Å². The second-order valence-corrected chi connectivity index (χ2v) is 6.14. The molecule has 0 amide bonds. The molecule has 1 aliphatic rings. The fraction of sp³-hybridized carbons (Fsp3) is 0.929. The van der Waals surface area contributed by atoms with Gasteiger partial charge >= 0.3 is 0 Å². The molecule has 4 heteroatoms. The van der Waals surface area contributed by atoms with E-state index in [0.717, 1.165) is 25.3 Å². The van der Waals surface area contributed by atoms with E-state index in [1.807, 2.05) is 6.92 Å². The molecular weight excluding hydrogens is 224 g/mol. The van der Waals surface area contributed by atoms with Crippen LogP contribution in [0, 0.1) is 17.2 Å². The zero-order chi connectivity index (χ0) is 13.6. The number of piperidine rings is 1. The minimum Gasteiger partial charge on any atom is -0.314 e. The molecule has 104 valence electrons. The summed E-state index contributed by atoms with van der Waals surface area (Å²) in [5.74, 6) is 0.839. The van der Waals surface area contributed by atoms with E-state index >= 15 is 0 Å². The zero-order valence-electron chi connectivity index (χ0n) is 12.2. The average Bonchev–Trinajstić information content (AvgIpc) is 2.32. The predicted octanol–water partition coefficient (Wildman–Crippen LogP) is 1.28. The van der Waals surface area contributed by atoms with E-state index < -0.39 is 5.54 Å². The number of nitrogens with two attached hydrogens (primary N) is 1. The maximum absolute atomic E-state index is 8.85. The Bertz CT molecular complexity index is 274. The van der Waals surface area contributed by atoms with Crippen LogP contribution in [0.2, 0.25) is 0 Å². The molecule has 0 aromatic heterocycles. The van der Waals surface area contributed by atoms with E-state index in [-0.39, 0.29) is 0 Å². The van der Waals surface area contributed by atoms with Crippen molar-refractivity contribution in [3.05, 3.63) is 0 Å². The van der Waals surface area contributed by atoms with Crippen molar-refractivity contribution in [2.24, 2.45) is 11.7 Å². The van der Waals surface area contributed by atoms with Crippen LogP contribution < -0.4 is 5.73 Å². The highest BCUT2D eigenvalue weighted by atomic mass is 15.1. The van der Waals surface area contributed by atoms with E-state index in [1.54, 1.807) is 0 Å². The second kappa shape index (κ2) is 7.08. The highest BCUT2D eigenvalue weighted by Crippen LogP contribution is 2.17. The van der Waals surface area contributed by atoms with Gasteiger partial charge < -0.3 is 15.5 Å². The van der Waals surface area contributed by atoms with Crippen LogP contribution in [0.25, 0.3) is 0 Å². The molecule has 0 bridgehead atoms. The number of likely N-dealkylation sites (tertiary alicyclic amines) is 1. The summed E-state index contributed by atoms with van der Waals surface area (Å²) in [4.78, 5) is 4.80. The van der Waals surface area contributed by atoms with Gasteiger partial charge in [0.25, 0.3) is 0 Å². The van der Waals surface area contributed by atoms with Crippen LogP contribution in [0.3, 0.4) is 0 Å². The van der Waals surface area contributed by atoms with Crippen LogP contribution >= 0.6 is 0 Å². The molecule has 0 aliphatic carbocycles. The third-order valence-corrected chi connectivity index (χ3v) is 3.90. The van der Waals surface area contributed by atoms with E-state index in [0.29, 0.717) is 0 Å². The Labute approximate surface area is 112 Å². The summed E-state index contributed by atoms with van der Waals surface area (Å²) in [6.07, 6.45) is 4.41. The van der Waals surface area contributed by atoms with Crippen LogP contribution in [0.4, 0.5) is 0 Å². The van der Waals surface area contributed by atoms with Crippen LogP contribution in [-0.4, -0.2) is 55.6 Å². The lowest BCUT2D eigenvalue weighted by Gasteiger charge is -2.31. The molecule has 1 heterocycles. The molecule has 2 N–H and O–H groups in total. The molecule has 4 nitrogen and oxygen atoms in total. The largest absolute Gasteiger partial charge is 0.314 e. The van der Waals surface area contributed by atoms with Crippen molar-refractivity contribution in [1.29, 1.82) is 5.26 Å². The first-order chi connectivity index (χ1) is 8.43. The van der Waals surface area contributed by atoms with Crippen LogP contribution in [0.15, 0.2) is 0 Å². The SMILES string of the molecule is CN1CCC(CN(C)CCCC(C)(N)C#N)CC1. The fourth-order valence-corrected chi connectivity index (χ4v) is 2.55. The lowest BCUT2D eigenvalue weighted by atomic mass is 9.96. The molecule has 0 aromatic rings. The van der Waals surface area contributed by atoms with Gasteiger partial charge in [-0.25, -0.2) is 0 Å². The lowest BCUT2D eigenvalue weighted by molar-refractivity contribution is 0.174. The average molecular weight is 252 g/mol. The molecule has 0 radical (unpaired) electrons. The first-order valence-electron chi connectivity index (χ1n) is 7.00. The first-order valence-corrected chi connectivity index (χ1v) is 7.00. The van der Waals surface area contributed by atoms with Gasteiger partial charge in [-0.05, 0) is 72.3 Å². The fourth-order valence-electron chi connectivity index (χ4n) is 2.55. The van der Waals surface area contributed by atoms with Crippen molar-refractivity contribution in [3.8, 4) is 6.07 Å². The van der Waals surface area contributed by atoms with Crippen LogP contribution in [0.1, 0.15) is 32.6 Å². The molecule has 1 aliphatic heterocycles. The second-order valence-electron chi connectivity index (χ2n) is 6.14.